The molecule has 0 aliphatic heterocycles. The molecule has 1 heterocycles. The number of hydrogen-bond acceptors (Lipinski definition) is 4. The highest BCUT2D eigenvalue weighted by molar-refractivity contribution is 5.62. The van der Waals surface area contributed by atoms with Gasteiger partial charge in [-0.25, -0.2) is 9.67 Å². The van der Waals surface area contributed by atoms with Crippen LogP contribution in [-0.2, 0) is 6.54 Å². The van der Waals surface area contributed by atoms with Crippen molar-refractivity contribution >= 4 is 6.08 Å². The van der Waals surface area contributed by atoms with Crippen LogP contribution < -0.4 is 0 Å². The molecule has 0 unspecified atom stereocenters. The quantitative estimate of drug-likeness (QED) is 0.759. The normalized spacial score (nSPS) is 9.22. The van der Waals surface area contributed by atoms with Crippen LogP contribution in [0.5, 0.6) is 0 Å². The number of aromatic nitrogens is 3. The van der Waals surface area contributed by atoms with E-state index in [0.717, 1.165) is 11.1 Å². The molecule has 0 aliphatic rings. The number of allylic oxidation sites excluding steroid dienone is 1. The molecule has 2 aromatic rings. The van der Waals surface area contributed by atoms with E-state index in [2.05, 4.69) is 10.1 Å². The average molecular weight is 235 g/mol. The van der Waals surface area contributed by atoms with Crippen LogP contribution in [0.1, 0.15) is 11.1 Å². The molecule has 2 rings (SSSR count). The van der Waals surface area contributed by atoms with Crippen LogP contribution in [0.3, 0.4) is 0 Å². The molecule has 86 valence electrons. The molecule has 0 radical (unpaired) electrons. The molecule has 0 amide bonds. The van der Waals surface area contributed by atoms with Gasteiger partial charge in [0.1, 0.15) is 30.4 Å². The molecule has 0 bridgehead atoms. The van der Waals surface area contributed by atoms with E-state index in [-0.39, 0.29) is 5.57 Å². The summed E-state index contributed by atoms with van der Waals surface area (Å²) in [6.07, 6.45) is 4.68. The average Bonchev–Trinajstić information content (AvgIpc) is 2.89. The summed E-state index contributed by atoms with van der Waals surface area (Å²) >= 11 is 0. The summed E-state index contributed by atoms with van der Waals surface area (Å²) in [7, 11) is 0. The largest absolute Gasteiger partial charge is 0.249 e. The monoisotopic (exact) mass is 235 g/mol. The van der Waals surface area contributed by atoms with E-state index in [4.69, 9.17) is 10.5 Å². The first-order chi connectivity index (χ1) is 8.81. The summed E-state index contributed by atoms with van der Waals surface area (Å²) < 4.78 is 1.71. The summed E-state index contributed by atoms with van der Waals surface area (Å²) in [5.41, 5.74) is 1.95. The van der Waals surface area contributed by atoms with E-state index in [9.17, 15) is 0 Å². The fourth-order valence-corrected chi connectivity index (χ4v) is 1.54. The molecule has 0 saturated carbocycles. The van der Waals surface area contributed by atoms with Gasteiger partial charge in [-0.1, -0.05) is 18.2 Å². The van der Waals surface area contributed by atoms with Crippen molar-refractivity contribution in [1.82, 2.24) is 14.8 Å². The van der Waals surface area contributed by atoms with E-state index < -0.39 is 0 Å². The third-order valence-corrected chi connectivity index (χ3v) is 2.31. The first-order valence-electron chi connectivity index (χ1n) is 5.25. The molecule has 1 aromatic carbocycles. The lowest BCUT2D eigenvalue weighted by atomic mass is 10.1. The zero-order valence-corrected chi connectivity index (χ0v) is 9.48. The van der Waals surface area contributed by atoms with E-state index in [1.165, 1.54) is 6.33 Å². The van der Waals surface area contributed by atoms with Crippen molar-refractivity contribution < 1.29 is 0 Å². The van der Waals surface area contributed by atoms with Crippen molar-refractivity contribution in [3.8, 4) is 12.1 Å². The molecule has 0 atom stereocenters. The van der Waals surface area contributed by atoms with Gasteiger partial charge in [-0.15, -0.1) is 0 Å². The molecule has 0 spiro atoms. The van der Waals surface area contributed by atoms with Crippen LogP contribution in [0.25, 0.3) is 6.08 Å². The second kappa shape index (κ2) is 5.42. The Bertz CT molecular complexity index is 625. The maximum Gasteiger partial charge on any atom is 0.137 e. The van der Waals surface area contributed by atoms with Crippen molar-refractivity contribution in [1.29, 1.82) is 10.5 Å². The summed E-state index contributed by atoms with van der Waals surface area (Å²) in [5, 5.41) is 21.4. The van der Waals surface area contributed by atoms with Gasteiger partial charge in [0.15, 0.2) is 0 Å². The highest BCUT2D eigenvalue weighted by Crippen LogP contribution is 2.10. The molecular formula is C13H9N5. The van der Waals surface area contributed by atoms with Gasteiger partial charge >= 0.3 is 0 Å². The zero-order valence-electron chi connectivity index (χ0n) is 9.48. The van der Waals surface area contributed by atoms with Gasteiger partial charge in [0, 0.05) is 0 Å². The fourth-order valence-electron chi connectivity index (χ4n) is 1.54. The number of nitrogens with zero attached hydrogens (tertiary/aromatic N) is 5. The van der Waals surface area contributed by atoms with Gasteiger partial charge in [0.25, 0.3) is 0 Å². The van der Waals surface area contributed by atoms with Crippen LogP contribution in [0, 0.1) is 22.7 Å². The molecule has 1 aromatic heterocycles. The Hall–Kier alpha value is -2.92. The Balaban J connectivity index is 2.24. The third-order valence-electron chi connectivity index (χ3n) is 2.31. The highest BCUT2D eigenvalue weighted by Gasteiger charge is 1.98. The summed E-state index contributed by atoms with van der Waals surface area (Å²) in [5.74, 6) is 0. The van der Waals surface area contributed by atoms with Crippen molar-refractivity contribution in [2.45, 2.75) is 6.54 Å². The van der Waals surface area contributed by atoms with Gasteiger partial charge in [-0.05, 0) is 23.3 Å². The Kier molecular flexibility index (Phi) is 3.48. The maximum atomic E-state index is 8.70. The van der Waals surface area contributed by atoms with Crippen LogP contribution in [-0.4, -0.2) is 14.8 Å². The van der Waals surface area contributed by atoms with Gasteiger partial charge in [-0.2, -0.15) is 15.6 Å². The van der Waals surface area contributed by atoms with Gasteiger partial charge in [-0.3, -0.25) is 0 Å². The number of nitriles is 2. The molecule has 0 N–H and O–H groups in total. The zero-order chi connectivity index (χ0) is 12.8. The van der Waals surface area contributed by atoms with Crippen molar-refractivity contribution in [3.05, 3.63) is 53.6 Å². The van der Waals surface area contributed by atoms with E-state index in [0.29, 0.717) is 6.54 Å². The molecule has 5 heteroatoms. The van der Waals surface area contributed by atoms with Gasteiger partial charge in [0.2, 0.25) is 0 Å². The fraction of sp³-hybridized carbons (Fsp3) is 0.0769. The third kappa shape index (κ3) is 2.81. The minimum atomic E-state index is 0.0907. The molecular weight excluding hydrogens is 226 g/mol. The van der Waals surface area contributed by atoms with Crippen molar-refractivity contribution in [3.63, 3.8) is 0 Å². The molecule has 5 nitrogen and oxygen atoms in total. The molecule has 0 saturated heterocycles. The lowest BCUT2D eigenvalue weighted by molar-refractivity contribution is 0.685. The topological polar surface area (TPSA) is 78.3 Å². The summed E-state index contributed by atoms with van der Waals surface area (Å²) in [6.45, 7) is 0.607. The van der Waals surface area contributed by atoms with Crippen LogP contribution in [0.2, 0.25) is 0 Å². The standard InChI is InChI=1S/C13H9N5/c14-6-13(7-15)5-11-2-1-3-12(4-11)8-18-10-16-9-17-18/h1-5,9-10H,8H2. The molecule has 18 heavy (non-hydrogen) atoms. The number of hydrogen-bond donors (Lipinski definition) is 0. The van der Waals surface area contributed by atoms with E-state index in [1.807, 2.05) is 36.4 Å². The summed E-state index contributed by atoms with van der Waals surface area (Å²) in [4.78, 5) is 3.87. The predicted octanol–water partition coefficient (Wildman–Crippen LogP) is 1.76. The van der Waals surface area contributed by atoms with Crippen molar-refractivity contribution in [2.24, 2.45) is 0 Å². The minimum absolute atomic E-state index is 0.0907. The van der Waals surface area contributed by atoms with Gasteiger partial charge in [0.05, 0.1) is 6.54 Å². The van der Waals surface area contributed by atoms with Crippen LogP contribution in [0.4, 0.5) is 0 Å². The maximum absolute atomic E-state index is 8.70. The van der Waals surface area contributed by atoms with Crippen LogP contribution in [0.15, 0.2) is 42.5 Å². The Morgan fingerprint density at radius 1 is 1.33 bits per heavy atom. The van der Waals surface area contributed by atoms with E-state index >= 15 is 0 Å². The second-order valence-corrected chi connectivity index (χ2v) is 3.62. The SMILES string of the molecule is N#CC(C#N)=Cc1cccc(Cn2cncn2)c1. The van der Waals surface area contributed by atoms with Gasteiger partial charge < -0.3 is 0 Å². The van der Waals surface area contributed by atoms with E-state index in [1.54, 1.807) is 17.1 Å². The first kappa shape index (κ1) is 11.6. The molecule has 0 aliphatic carbocycles. The Morgan fingerprint density at radius 3 is 2.83 bits per heavy atom. The number of benzene rings is 1. The second-order valence-electron chi connectivity index (χ2n) is 3.62. The highest BCUT2D eigenvalue weighted by atomic mass is 15.3. The lowest BCUT2D eigenvalue weighted by Gasteiger charge is -2.02. The van der Waals surface area contributed by atoms with Crippen LogP contribution >= 0.6 is 0 Å². The smallest absolute Gasteiger partial charge is 0.137 e. The summed E-state index contributed by atoms with van der Waals surface area (Å²) in [6, 6.07) is 11.3. The Morgan fingerprint density at radius 2 is 2.17 bits per heavy atom. The Labute approximate surface area is 104 Å². The molecule has 0 fully saturated rings. The predicted molar refractivity (Wildman–Crippen MR) is 64.8 cm³/mol. The lowest BCUT2D eigenvalue weighted by Crippen LogP contribution is -1.99. The van der Waals surface area contributed by atoms with Crippen molar-refractivity contribution in [2.75, 3.05) is 0 Å². The minimum Gasteiger partial charge on any atom is -0.249 e. The first-order valence-corrected chi connectivity index (χ1v) is 5.25. The number of rotatable bonds is 3.